The first-order valence-corrected chi connectivity index (χ1v) is 19.2. The smallest absolute Gasteiger partial charge is 0.164 e. The van der Waals surface area contributed by atoms with Crippen LogP contribution in [0.15, 0.2) is 205 Å². The summed E-state index contributed by atoms with van der Waals surface area (Å²) < 4.78 is 6.18. The third kappa shape index (κ3) is 5.92. The van der Waals surface area contributed by atoms with Crippen LogP contribution >= 0.6 is 0 Å². The third-order valence-corrected chi connectivity index (χ3v) is 10.9. The number of rotatable bonds is 6. The van der Waals surface area contributed by atoms with Crippen LogP contribution in [0.5, 0.6) is 0 Å². The minimum atomic E-state index is 0.600. The summed E-state index contributed by atoms with van der Waals surface area (Å²) in [5, 5.41) is 6.77. The highest BCUT2D eigenvalue weighted by Crippen LogP contribution is 2.38. The fourth-order valence-corrected chi connectivity index (χ4v) is 8.07. The van der Waals surface area contributed by atoms with Gasteiger partial charge in [0.25, 0.3) is 0 Å². The predicted molar refractivity (Wildman–Crippen MR) is 235 cm³/mol. The van der Waals surface area contributed by atoms with E-state index in [-0.39, 0.29) is 0 Å². The number of fused-ring (bicyclic) bond motifs is 5. The number of aromatic nitrogens is 3. The number of para-hydroxylation sites is 1. The Hall–Kier alpha value is -7.69. The molecule has 0 aliphatic heterocycles. The minimum Gasteiger partial charge on any atom is -0.456 e. The summed E-state index contributed by atoms with van der Waals surface area (Å²) in [6.45, 7) is 0. The van der Waals surface area contributed by atoms with Crippen LogP contribution in [0.3, 0.4) is 0 Å². The summed E-state index contributed by atoms with van der Waals surface area (Å²) in [6, 6.07) is 70.1. The molecule has 2 heterocycles. The van der Waals surface area contributed by atoms with Crippen molar-refractivity contribution in [3.63, 3.8) is 0 Å². The molecule has 11 rings (SSSR count). The number of hydrogen-bond acceptors (Lipinski definition) is 4. The van der Waals surface area contributed by atoms with Gasteiger partial charge < -0.3 is 4.42 Å². The van der Waals surface area contributed by atoms with Gasteiger partial charge in [-0.05, 0) is 97.4 Å². The zero-order valence-electron chi connectivity index (χ0n) is 30.8. The van der Waals surface area contributed by atoms with E-state index in [1.807, 2.05) is 36.4 Å². The van der Waals surface area contributed by atoms with Gasteiger partial charge in [-0.25, -0.2) is 15.0 Å². The summed E-state index contributed by atoms with van der Waals surface area (Å²) in [5.41, 5.74) is 11.4. The lowest BCUT2D eigenvalue weighted by Crippen LogP contribution is -2.00. The molecule has 0 fully saturated rings. The van der Waals surface area contributed by atoms with Crippen LogP contribution in [0.25, 0.3) is 111 Å². The molecule has 0 unspecified atom stereocenters. The van der Waals surface area contributed by atoms with E-state index in [0.29, 0.717) is 17.5 Å². The lowest BCUT2D eigenvalue weighted by molar-refractivity contribution is 0.669. The fourth-order valence-electron chi connectivity index (χ4n) is 8.07. The van der Waals surface area contributed by atoms with E-state index in [1.165, 1.54) is 33.0 Å². The van der Waals surface area contributed by atoms with Crippen molar-refractivity contribution in [2.75, 3.05) is 0 Å². The number of nitrogens with zero attached hydrogens (tertiary/aromatic N) is 3. The van der Waals surface area contributed by atoms with Crippen LogP contribution in [0.1, 0.15) is 0 Å². The topological polar surface area (TPSA) is 51.8 Å². The van der Waals surface area contributed by atoms with Gasteiger partial charge in [0.1, 0.15) is 11.2 Å². The Labute approximate surface area is 329 Å². The first kappa shape index (κ1) is 32.7. The SMILES string of the molecule is c1ccc(-c2ccc3ccc(-c4nc(-c5cccc(-c6ccc(-c7ccccc7)c7ccccc67)c5)nc(-c5ccc6oc7ccccc7c6c5)n4)cc3c2)cc1. The molecule has 0 aliphatic rings. The normalized spacial score (nSPS) is 11.5. The average Bonchev–Trinajstić information content (AvgIpc) is 3.67. The van der Waals surface area contributed by atoms with Crippen LogP contribution in [0.2, 0.25) is 0 Å². The molecule has 4 heteroatoms. The Kier molecular flexibility index (Phi) is 7.78. The highest BCUT2D eigenvalue weighted by Gasteiger charge is 2.17. The zero-order valence-corrected chi connectivity index (χ0v) is 30.8. The fraction of sp³-hybridized carbons (Fsp3) is 0. The van der Waals surface area contributed by atoms with Crippen molar-refractivity contribution >= 4 is 43.5 Å². The molecule has 0 N–H and O–H groups in total. The molecule has 0 spiro atoms. The van der Waals surface area contributed by atoms with Crippen LogP contribution in [0, 0.1) is 0 Å². The maximum Gasteiger partial charge on any atom is 0.164 e. The predicted octanol–water partition coefficient (Wildman–Crippen LogP) is 14.1. The Morgan fingerprint density at radius 1 is 0.263 bits per heavy atom. The van der Waals surface area contributed by atoms with Crippen molar-refractivity contribution in [2.24, 2.45) is 0 Å². The van der Waals surface area contributed by atoms with Gasteiger partial charge in [0.15, 0.2) is 17.5 Å². The minimum absolute atomic E-state index is 0.600. The largest absolute Gasteiger partial charge is 0.456 e. The van der Waals surface area contributed by atoms with Crippen LogP contribution in [0.4, 0.5) is 0 Å². The Bertz CT molecular complexity index is 3300. The van der Waals surface area contributed by atoms with Gasteiger partial charge in [-0.1, -0.05) is 158 Å². The quantitative estimate of drug-likeness (QED) is 0.171. The monoisotopic (exact) mass is 727 g/mol. The molecule has 0 atom stereocenters. The molecule has 0 bridgehead atoms. The second-order valence-corrected chi connectivity index (χ2v) is 14.4. The maximum absolute atomic E-state index is 6.18. The summed E-state index contributed by atoms with van der Waals surface area (Å²) >= 11 is 0. The number of furan rings is 1. The Morgan fingerprint density at radius 2 is 0.754 bits per heavy atom. The average molecular weight is 728 g/mol. The number of benzene rings is 9. The summed E-state index contributed by atoms with van der Waals surface area (Å²) in [5.74, 6) is 1.82. The van der Waals surface area contributed by atoms with Crippen molar-refractivity contribution < 1.29 is 4.42 Å². The van der Waals surface area contributed by atoms with Crippen molar-refractivity contribution in [1.29, 1.82) is 0 Å². The van der Waals surface area contributed by atoms with E-state index in [0.717, 1.165) is 60.5 Å². The van der Waals surface area contributed by atoms with Crippen LogP contribution < -0.4 is 0 Å². The van der Waals surface area contributed by atoms with Crippen molar-refractivity contribution in [2.45, 2.75) is 0 Å². The van der Waals surface area contributed by atoms with E-state index in [1.54, 1.807) is 0 Å². The van der Waals surface area contributed by atoms with Crippen LogP contribution in [-0.4, -0.2) is 15.0 Å². The first-order chi connectivity index (χ1) is 28.2. The molecule has 0 saturated carbocycles. The second-order valence-electron chi connectivity index (χ2n) is 14.4. The molecule has 0 aliphatic carbocycles. The molecular formula is C53H33N3O. The summed E-state index contributed by atoms with van der Waals surface area (Å²) in [6.07, 6.45) is 0. The number of hydrogen-bond donors (Lipinski definition) is 0. The molecule has 0 saturated heterocycles. The molecule has 0 radical (unpaired) electrons. The van der Waals surface area contributed by atoms with Crippen molar-refractivity contribution in [3.05, 3.63) is 200 Å². The van der Waals surface area contributed by atoms with Gasteiger partial charge in [-0.3, -0.25) is 0 Å². The van der Waals surface area contributed by atoms with Gasteiger partial charge in [0.2, 0.25) is 0 Å². The molecule has 266 valence electrons. The van der Waals surface area contributed by atoms with E-state index >= 15 is 0 Å². The molecule has 9 aromatic carbocycles. The Balaban J connectivity index is 1.07. The van der Waals surface area contributed by atoms with Crippen LogP contribution in [-0.2, 0) is 0 Å². The van der Waals surface area contributed by atoms with Gasteiger partial charge >= 0.3 is 0 Å². The van der Waals surface area contributed by atoms with Crippen molar-refractivity contribution in [1.82, 2.24) is 15.0 Å². The summed E-state index contributed by atoms with van der Waals surface area (Å²) in [4.78, 5) is 15.5. The van der Waals surface area contributed by atoms with E-state index in [2.05, 4.69) is 164 Å². The highest BCUT2D eigenvalue weighted by molar-refractivity contribution is 6.07. The first-order valence-electron chi connectivity index (χ1n) is 19.2. The lowest BCUT2D eigenvalue weighted by atomic mass is 9.91. The lowest BCUT2D eigenvalue weighted by Gasteiger charge is -2.13. The molecule has 2 aromatic heterocycles. The molecule has 4 nitrogen and oxygen atoms in total. The van der Waals surface area contributed by atoms with Crippen molar-refractivity contribution in [3.8, 4) is 67.5 Å². The Morgan fingerprint density at radius 3 is 1.47 bits per heavy atom. The molecular weight excluding hydrogens is 695 g/mol. The maximum atomic E-state index is 6.18. The van der Waals surface area contributed by atoms with Gasteiger partial charge in [0, 0.05) is 27.5 Å². The molecule has 0 amide bonds. The van der Waals surface area contributed by atoms with Gasteiger partial charge in [-0.2, -0.15) is 0 Å². The zero-order chi connectivity index (χ0) is 37.7. The van der Waals surface area contributed by atoms with Gasteiger partial charge in [0.05, 0.1) is 0 Å². The highest BCUT2D eigenvalue weighted by atomic mass is 16.3. The summed E-state index contributed by atoms with van der Waals surface area (Å²) in [7, 11) is 0. The second kappa shape index (κ2) is 13.6. The molecule has 11 aromatic rings. The third-order valence-electron chi connectivity index (χ3n) is 10.9. The van der Waals surface area contributed by atoms with E-state index < -0.39 is 0 Å². The molecule has 57 heavy (non-hydrogen) atoms. The standard InChI is InChI=1S/C53H33N3O/c1-3-12-34(13-4-1)37-24-22-35-23-25-40(32-42(35)30-37)52-54-51(55-53(56-52)41-26-29-50-48(33-41)47-20-9-10-21-49(47)57-50)39-17-11-16-38(31-39)44-28-27-43(36-14-5-2-6-15-36)45-18-7-8-19-46(44)45/h1-33H. The van der Waals surface area contributed by atoms with E-state index in [4.69, 9.17) is 19.4 Å². The van der Waals surface area contributed by atoms with E-state index in [9.17, 15) is 0 Å². The van der Waals surface area contributed by atoms with Gasteiger partial charge in [-0.15, -0.1) is 0 Å².